The van der Waals surface area contributed by atoms with Gasteiger partial charge in [0, 0.05) is 37.2 Å². The predicted octanol–water partition coefficient (Wildman–Crippen LogP) is 2.95. The lowest BCUT2D eigenvalue weighted by atomic mass is 10.1. The van der Waals surface area contributed by atoms with Crippen molar-refractivity contribution in [1.82, 2.24) is 10.2 Å². The number of nitrogens with zero attached hydrogens (tertiary/aromatic N) is 2. The standard InChI is InChI=1S/C18H29N3OS/c1-14-6-7-15(12-16(14)22-5)8-9-20-17(19-4)21-10-11-23-18(2,3)13-21/h6-7,12H,8-11,13H2,1-5H3,(H,19,20). The first-order valence-corrected chi connectivity index (χ1v) is 9.17. The molecular formula is C18H29N3OS. The zero-order chi connectivity index (χ0) is 16.9. The molecule has 0 saturated carbocycles. The van der Waals surface area contributed by atoms with Gasteiger partial charge in [0.2, 0.25) is 0 Å². The number of hydrogen-bond acceptors (Lipinski definition) is 3. The van der Waals surface area contributed by atoms with E-state index in [9.17, 15) is 0 Å². The summed E-state index contributed by atoms with van der Waals surface area (Å²) in [6.45, 7) is 9.65. The van der Waals surface area contributed by atoms with E-state index >= 15 is 0 Å². The van der Waals surface area contributed by atoms with Gasteiger partial charge in [-0.15, -0.1) is 0 Å². The highest BCUT2D eigenvalue weighted by Crippen LogP contribution is 2.29. The molecule has 0 amide bonds. The number of nitrogens with one attached hydrogen (secondary N) is 1. The molecule has 1 saturated heterocycles. The highest BCUT2D eigenvalue weighted by atomic mass is 32.2. The van der Waals surface area contributed by atoms with Gasteiger partial charge in [0.05, 0.1) is 7.11 Å². The Balaban J connectivity index is 1.89. The molecule has 1 aromatic rings. The van der Waals surface area contributed by atoms with Crippen LogP contribution in [0.25, 0.3) is 0 Å². The van der Waals surface area contributed by atoms with Crippen molar-refractivity contribution in [3.8, 4) is 5.75 Å². The minimum atomic E-state index is 0.292. The summed E-state index contributed by atoms with van der Waals surface area (Å²) >= 11 is 2.04. The Labute approximate surface area is 144 Å². The molecule has 1 N–H and O–H groups in total. The monoisotopic (exact) mass is 335 g/mol. The van der Waals surface area contributed by atoms with Crippen LogP contribution in [0, 0.1) is 6.92 Å². The number of aliphatic imine (C=N–C) groups is 1. The summed E-state index contributed by atoms with van der Waals surface area (Å²) in [4.78, 5) is 6.82. The lowest BCUT2D eigenvalue weighted by molar-refractivity contribution is 0.376. The number of rotatable bonds is 4. The Kier molecular flexibility index (Phi) is 6.22. The number of ether oxygens (including phenoxy) is 1. The largest absolute Gasteiger partial charge is 0.496 e. The van der Waals surface area contributed by atoms with E-state index in [0.717, 1.165) is 43.5 Å². The smallest absolute Gasteiger partial charge is 0.193 e. The van der Waals surface area contributed by atoms with Crippen LogP contribution in [0.15, 0.2) is 23.2 Å². The second kappa shape index (κ2) is 7.95. The quantitative estimate of drug-likeness (QED) is 0.678. The lowest BCUT2D eigenvalue weighted by Gasteiger charge is -2.39. The van der Waals surface area contributed by atoms with Crippen LogP contribution in [0.3, 0.4) is 0 Å². The number of methoxy groups -OCH3 is 1. The summed E-state index contributed by atoms with van der Waals surface area (Å²) in [5.41, 5.74) is 2.46. The van der Waals surface area contributed by atoms with Crippen molar-refractivity contribution in [3.63, 3.8) is 0 Å². The third-order valence-corrected chi connectivity index (χ3v) is 5.40. The van der Waals surface area contributed by atoms with Gasteiger partial charge >= 0.3 is 0 Å². The number of benzene rings is 1. The van der Waals surface area contributed by atoms with Gasteiger partial charge in [0.1, 0.15) is 5.75 Å². The highest BCUT2D eigenvalue weighted by Gasteiger charge is 2.28. The SMILES string of the molecule is CN=C(NCCc1ccc(C)c(OC)c1)N1CCSC(C)(C)C1. The van der Waals surface area contributed by atoms with E-state index in [0.29, 0.717) is 4.75 Å². The molecule has 0 atom stereocenters. The van der Waals surface area contributed by atoms with Crippen molar-refractivity contribution in [2.45, 2.75) is 31.9 Å². The fourth-order valence-corrected chi connectivity index (χ4v) is 3.98. The molecule has 0 aliphatic carbocycles. The van der Waals surface area contributed by atoms with Crippen LogP contribution in [-0.2, 0) is 6.42 Å². The highest BCUT2D eigenvalue weighted by molar-refractivity contribution is 8.00. The summed E-state index contributed by atoms with van der Waals surface area (Å²) in [5, 5.41) is 3.50. The summed E-state index contributed by atoms with van der Waals surface area (Å²) < 4.78 is 5.69. The van der Waals surface area contributed by atoms with Gasteiger partial charge < -0.3 is 15.0 Å². The van der Waals surface area contributed by atoms with E-state index < -0.39 is 0 Å². The fourth-order valence-electron chi connectivity index (χ4n) is 2.87. The topological polar surface area (TPSA) is 36.9 Å². The average molecular weight is 336 g/mol. The van der Waals surface area contributed by atoms with Gasteiger partial charge in [0.15, 0.2) is 5.96 Å². The molecule has 1 heterocycles. The van der Waals surface area contributed by atoms with Crippen molar-refractivity contribution in [2.24, 2.45) is 4.99 Å². The molecule has 2 rings (SSSR count). The molecule has 5 heteroatoms. The Morgan fingerprint density at radius 1 is 1.43 bits per heavy atom. The molecule has 128 valence electrons. The van der Waals surface area contributed by atoms with E-state index in [-0.39, 0.29) is 0 Å². The van der Waals surface area contributed by atoms with Gasteiger partial charge in [0.25, 0.3) is 0 Å². The third kappa shape index (κ3) is 5.06. The Morgan fingerprint density at radius 3 is 2.87 bits per heavy atom. The van der Waals surface area contributed by atoms with Crippen molar-refractivity contribution in [2.75, 3.05) is 39.5 Å². The van der Waals surface area contributed by atoms with E-state index in [2.05, 4.69) is 54.2 Å². The van der Waals surface area contributed by atoms with Crippen molar-refractivity contribution < 1.29 is 4.74 Å². The third-order valence-electron chi connectivity index (χ3n) is 4.11. The second-order valence-corrected chi connectivity index (χ2v) is 8.36. The van der Waals surface area contributed by atoms with E-state index in [4.69, 9.17) is 4.74 Å². The van der Waals surface area contributed by atoms with Crippen LogP contribution >= 0.6 is 11.8 Å². The van der Waals surface area contributed by atoms with Crippen LogP contribution in [-0.4, -0.2) is 55.2 Å². The van der Waals surface area contributed by atoms with E-state index in [1.54, 1.807) is 7.11 Å². The number of aryl methyl sites for hydroxylation is 1. The number of thioether (sulfide) groups is 1. The second-order valence-electron chi connectivity index (χ2n) is 6.56. The zero-order valence-electron chi connectivity index (χ0n) is 15.0. The van der Waals surface area contributed by atoms with Crippen LogP contribution < -0.4 is 10.1 Å². The van der Waals surface area contributed by atoms with Crippen molar-refractivity contribution in [1.29, 1.82) is 0 Å². The Morgan fingerprint density at radius 2 is 2.22 bits per heavy atom. The van der Waals surface area contributed by atoms with Crippen molar-refractivity contribution in [3.05, 3.63) is 29.3 Å². The summed E-state index contributed by atoms with van der Waals surface area (Å²) in [7, 11) is 3.59. The first-order chi connectivity index (χ1) is 10.9. The molecule has 0 bridgehead atoms. The molecule has 1 aliphatic rings. The fraction of sp³-hybridized carbons (Fsp3) is 0.611. The Bertz CT molecular complexity index is 557. The van der Waals surface area contributed by atoms with E-state index in [1.807, 2.05) is 18.8 Å². The maximum absolute atomic E-state index is 5.40. The van der Waals surface area contributed by atoms with Crippen LogP contribution in [0.1, 0.15) is 25.0 Å². The van der Waals surface area contributed by atoms with Crippen LogP contribution in [0.2, 0.25) is 0 Å². The lowest BCUT2D eigenvalue weighted by Crippen LogP contribution is -2.51. The number of hydrogen-bond donors (Lipinski definition) is 1. The molecule has 4 nitrogen and oxygen atoms in total. The Hall–Kier alpha value is -1.36. The molecule has 0 radical (unpaired) electrons. The maximum Gasteiger partial charge on any atom is 0.193 e. The van der Waals surface area contributed by atoms with Gasteiger partial charge in [-0.2, -0.15) is 11.8 Å². The molecule has 1 aromatic carbocycles. The summed E-state index contributed by atoms with van der Waals surface area (Å²) in [6, 6.07) is 6.41. The van der Waals surface area contributed by atoms with Crippen LogP contribution in [0.4, 0.5) is 0 Å². The first kappa shape index (κ1) is 18.0. The molecule has 1 aliphatic heterocycles. The minimum Gasteiger partial charge on any atom is -0.496 e. The van der Waals surface area contributed by atoms with Crippen molar-refractivity contribution >= 4 is 17.7 Å². The first-order valence-electron chi connectivity index (χ1n) is 8.18. The maximum atomic E-state index is 5.40. The minimum absolute atomic E-state index is 0.292. The van der Waals surface area contributed by atoms with Gasteiger partial charge in [-0.25, -0.2) is 0 Å². The molecule has 0 aromatic heterocycles. The number of guanidine groups is 1. The normalized spacial score (nSPS) is 18.0. The van der Waals surface area contributed by atoms with E-state index in [1.165, 1.54) is 11.1 Å². The molecule has 1 fully saturated rings. The summed E-state index contributed by atoms with van der Waals surface area (Å²) in [6.07, 6.45) is 0.960. The van der Waals surface area contributed by atoms with Gasteiger partial charge in [-0.1, -0.05) is 12.1 Å². The van der Waals surface area contributed by atoms with Gasteiger partial charge in [-0.3, -0.25) is 4.99 Å². The summed E-state index contributed by atoms with van der Waals surface area (Å²) in [5.74, 6) is 3.13. The molecule has 0 unspecified atom stereocenters. The zero-order valence-corrected chi connectivity index (χ0v) is 15.8. The molecular weight excluding hydrogens is 306 g/mol. The van der Waals surface area contributed by atoms with Gasteiger partial charge in [-0.05, 0) is 44.4 Å². The van der Waals surface area contributed by atoms with Crippen LogP contribution in [0.5, 0.6) is 5.75 Å². The molecule has 23 heavy (non-hydrogen) atoms. The molecule has 0 spiro atoms. The average Bonchev–Trinajstić information content (AvgIpc) is 2.52. The predicted molar refractivity (Wildman–Crippen MR) is 101 cm³/mol.